The molecule has 0 heterocycles. The third-order valence-corrected chi connectivity index (χ3v) is 9.46. The van der Waals surface area contributed by atoms with Crippen LogP contribution in [0.15, 0.2) is 0 Å². The van der Waals surface area contributed by atoms with Gasteiger partial charge in [-0.25, -0.2) is 0 Å². The Morgan fingerprint density at radius 1 is 0.467 bits per heavy atom. The van der Waals surface area contributed by atoms with Crippen molar-refractivity contribution < 1.29 is 15.3 Å². The molecule has 6 N–H and O–H groups in total. The van der Waals surface area contributed by atoms with Gasteiger partial charge in [0.2, 0.25) is 0 Å². The summed E-state index contributed by atoms with van der Waals surface area (Å²) < 4.78 is 0. The number of aliphatic hydroxyl groups excluding tert-OH is 3. The lowest BCUT2D eigenvalue weighted by molar-refractivity contribution is 0.108. The molecule has 0 saturated heterocycles. The zero-order valence-electron chi connectivity index (χ0n) is 30.8. The van der Waals surface area contributed by atoms with Crippen molar-refractivity contribution in [3.8, 4) is 0 Å². The fraction of sp³-hybridized carbons (Fsp3) is 1.00. The van der Waals surface area contributed by atoms with Crippen LogP contribution in [0.25, 0.3) is 0 Å². The smallest absolute Gasteiger partial charge is 0.0690 e. The minimum Gasteiger partial charge on any atom is -0.392 e. The van der Waals surface area contributed by atoms with E-state index in [1.54, 1.807) is 0 Å². The van der Waals surface area contributed by atoms with Crippen molar-refractivity contribution in [2.24, 2.45) is 5.92 Å². The van der Waals surface area contributed by atoms with Gasteiger partial charge in [0, 0.05) is 58.9 Å². The molecule has 45 heavy (non-hydrogen) atoms. The summed E-state index contributed by atoms with van der Waals surface area (Å²) in [7, 11) is 0. The third-order valence-electron chi connectivity index (χ3n) is 9.46. The monoisotopic (exact) mass is 643 g/mol. The van der Waals surface area contributed by atoms with Gasteiger partial charge in [-0.1, -0.05) is 143 Å². The van der Waals surface area contributed by atoms with E-state index in [-0.39, 0.29) is 18.3 Å². The van der Waals surface area contributed by atoms with Crippen molar-refractivity contribution in [3.63, 3.8) is 0 Å². The first kappa shape index (κ1) is 44.7. The topological polar surface area (TPSA) is 100 Å². The summed E-state index contributed by atoms with van der Waals surface area (Å²) in [4.78, 5) is 2.43. The van der Waals surface area contributed by atoms with E-state index in [9.17, 15) is 15.3 Å². The Balaban J connectivity index is 4.11. The maximum absolute atomic E-state index is 10.7. The highest BCUT2D eigenvalue weighted by atomic mass is 16.3. The van der Waals surface area contributed by atoms with Gasteiger partial charge in [-0.3, -0.25) is 4.90 Å². The third kappa shape index (κ3) is 32.1. The summed E-state index contributed by atoms with van der Waals surface area (Å²) in [6, 6.07) is 0. The predicted molar refractivity (Wildman–Crippen MR) is 196 cm³/mol. The quantitative estimate of drug-likeness (QED) is 0.0405. The molecule has 0 aliphatic rings. The average Bonchev–Trinajstić information content (AvgIpc) is 3.04. The first-order chi connectivity index (χ1) is 21.9. The number of unbranched alkanes of at least 4 members (excludes halogenated alkanes) is 16. The Bertz CT molecular complexity index is 571. The second-order valence-electron chi connectivity index (χ2n) is 13.9. The molecule has 0 aliphatic carbocycles. The molecule has 0 aliphatic heterocycles. The van der Waals surface area contributed by atoms with Crippen LogP contribution in [-0.2, 0) is 0 Å². The number of aliphatic hydroxyl groups is 3. The van der Waals surface area contributed by atoms with Crippen LogP contribution < -0.4 is 16.0 Å². The first-order valence-electron chi connectivity index (χ1n) is 19.8. The van der Waals surface area contributed by atoms with Crippen molar-refractivity contribution in [2.75, 3.05) is 58.9 Å². The molecule has 0 radical (unpaired) electrons. The Kier molecular flexibility index (Phi) is 34.8. The van der Waals surface area contributed by atoms with E-state index in [0.717, 1.165) is 65.0 Å². The second-order valence-corrected chi connectivity index (χ2v) is 13.9. The van der Waals surface area contributed by atoms with Crippen LogP contribution in [0.2, 0.25) is 0 Å². The first-order valence-corrected chi connectivity index (χ1v) is 19.8. The van der Waals surface area contributed by atoms with E-state index in [1.807, 2.05) is 6.92 Å². The van der Waals surface area contributed by atoms with Gasteiger partial charge in [-0.15, -0.1) is 0 Å². The van der Waals surface area contributed by atoms with Crippen LogP contribution in [0.3, 0.4) is 0 Å². The van der Waals surface area contributed by atoms with Crippen LogP contribution in [0.4, 0.5) is 0 Å². The summed E-state index contributed by atoms with van der Waals surface area (Å²) in [5.74, 6) is 0.332. The van der Waals surface area contributed by atoms with Crippen LogP contribution >= 0.6 is 0 Å². The normalized spacial score (nSPS) is 14.7. The van der Waals surface area contributed by atoms with Crippen LogP contribution in [0, 0.1) is 5.92 Å². The van der Waals surface area contributed by atoms with E-state index < -0.39 is 0 Å². The van der Waals surface area contributed by atoms with Gasteiger partial charge in [-0.2, -0.15) is 0 Å². The van der Waals surface area contributed by atoms with Crippen molar-refractivity contribution >= 4 is 0 Å². The van der Waals surface area contributed by atoms with Crippen LogP contribution in [0.5, 0.6) is 0 Å². The molecule has 0 aromatic heterocycles. The predicted octanol–water partition coefficient (Wildman–Crippen LogP) is 7.03. The summed E-state index contributed by atoms with van der Waals surface area (Å²) in [5, 5.41) is 41.3. The van der Waals surface area contributed by atoms with Crippen LogP contribution in [-0.4, -0.2) is 97.4 Å². The van der Waals surface area contributed by atoms with Gasteiger partial charge < -0.3 is 31.3 Å². The Morgan fingerprint density at radius 2 is 0.844 bits per heavy atom. The molecule has 0 rings (SSSR count). The van der Waals surface area contributed by atoms with E-state index >= 15 is 0 Å². The Labute approximate surface area is 281 Å². The number of hydrogen-bond acceptors (Lipinski definition) is 7. The SMILES string of the molecule is CCCCCCCCCCCCC(O)CNCCN(CCNCC(O)CC)CCNCC(O)C(C)CCCCCCCCCC. The summed E-state index contributed by atoms with van der Waals surface area (Å²) >= 11 is 0. The van der Waals surface area contributed by atoms with Crippen molar-refractivity contribution in [2.45, 2.75) is 181 Å². The van der Waals surface area contributed by atoms with Crippen LogP contribution in [0.1, 0.15) is 163 Å². The summed E-state index contributed by atoms with van der Waals surface area (Å²) in [6.07, 6.45) is 25.8. The second kappa shape index (κ2) is 35.0. The van der Waals surface area contributed by atoms with Crippen molar-refractivity contribution in [1.29, 1.82) is 0 Å². The summed E-state index contributed by atoms with van der Waals surface area (Å²) in [5.41, 5.74) is 0. The molecule has 0 amide bonds. The zero-order valence-corrected chi connectivity index (χ0v) is 30.8. The molecule has 0 bridgehead atoms. The number of nitrogens with one attached hydrogen (secondary N) is 3. The molecule has 0 fully saturated rings. The summed E-state index contributed by atoms with van der Waals surface area (Å²) in [6.45, 7) is 16.0. The maximum Gasteiger partial charge on any atom is 0.0690 e. The molecule has 4 atom stereocenters. The molecule has 0 saturated carbocycles. The molecule has 7 heteroatoms. The van der Waals surface area contributed by atoms with Gasteiger partial charge in [0.15, 0.2) is 0 Å². The minimum absolute atomic E-state index is 0.263. The fourth-order valence-electron chi connectivity index (χ4n) is 5.94. The highest BCUT2D eigenvalue weighted by Crippen LogP contribution is 2.16. The molecule has 0 aromatic carbocycles. The van der Waals surface area contributed by atoms with Gasteiger partial charge in [0.05, 0.1) is 18.3 Å². The van der Waals surface area contributed by atoms with E-state index in [1.165, 1.54) is 109 Å². The highest BCUT2D eigenvalue weighted by Gasteiger charge is 2.14. The molecule has 7 nitrogen and oxygen atoms in total. The molecular formula is C38H82N4O3. The lowest BCUT2D eigenvalue weighted by Crippen LogP contribution is -2.43. The minimum atomic E-state index is -0.293. The van der Waals surface area contributed by atoms with Gasteiger partial charge in [-0.05, 0) is 25.2 Å². The molecule has 0 aromatic rings. The van der Waals surface area contributed by atoms with Gasteiger partial charge in [0.1, 0.15) is 0 Å². The number of rotatable bonds is 37. The van der Waals surface area contributed by atoms with Gasteiger partial charge >= 0.3 is 0 Å². The van der Waals surface area contributed by atoms with E-state index in [2.05, 4.69) is 41.6 Å². The Hall–Kier alpha value is -0.280. The van der Waals surface area contributed by atoms with Crippen molar-refractivity contribution in [1.82, 2.24) is 20.9 Å². The Morgan fingerprint density at radius 3 is 1.29 bits per heavy atom. The highest BCUT2D eigenvalue weighted by molar-refractivity contribution is 4.70. The maximum atomic E-state index is 10.7. The van der Waals surface area contributed by atoms with Crippen molar-refractivity contribution in [3.05, 3.63) is 0 Å². The molecule has 4 unspecified atom stereocenters. The standard InChI is InChI=1S/C38H82N4O3/c1-5-8-10-12-14-16-17-19-21-23-25-37(44)33-40-27-30-42(29-26-39-32-36(43)7-3)31-28-41-34-38(45)35(4)24-22-20-18-15-13-11-9-6-2/h35-41,43-45H,5-34H2,1-4H3. The largest absolute Gasteiger partial charge is 0.392 e. The molecule has 0 spiro atoms. The lowest BCUT2D eigenvalue weighted by atomic mass is 9.96. The van der Waals surface area contributed by atoms with E-state index in [4.69, 9.17) is 0 Å². The number of hydrogen-bond donors (Lipinski definition) is 6. The molecular weight excluding hydrogens is 560 g/mol. The zero-order chi connectivity index (χ0) is 33.2. The van der Waals surface area contributed by atoms with Gasteiger partial charge in [0.25, 0.3) is 0 Å². The average molecular weight is 643 g/mol. The van der Waals surface area contributed by atoms with E-state index in [0.29, 0.717) is 25.6 Å². The lowest BCUT2D eigenvalue weighted by Gasteiger charge is -2.25. The number of nitrogens with zero attached hydrogens (tertiary/aromatic N) is 1. The fourth-order valence-corrected chi connectivity index (χ4v) is 5.94. The molecule has 272 valence electrons.